The molecule has 182 valence electrons. The van der Waals surface area contributed by atoms with E-state index in [1.165, 1.54) is 11.8 Å². The highest BCUT2D eigenvalue weighted by Crippen LogP contribution is 2.44. The fourth-order valence-corrected chi connectivity index (χ4v) is 4.72. The third-order valence-electron chi connectivity index (χ3n) is 6.18. The Labute approximate surface area is 204 Å². The number of carboxylic acids is 1. The van der Waals surface area contributed by atoms with Crippen molar-refractivity contribution in [3.8, 4) is 11.1 Å². The molecule has 2 aromatic rings. The van der Waals surface area contributed by atoms with Gasteiger partial charge in [-0.1, -0.05) is 62.4 Å². The molecule has 1 aliphatic rings. The van der Waals surface area contributed by atoms with Gasteiger partial charge < -0.3 is 20.5 Å². The fourth-order valence-electron chi connectivity index (χ4n) is 4.25. The SMILES string of the molecule is CSCC[C@@H](NC(=O)C(CNC(=O)OCC1c2ccccc2-c2ccccc21)C(C)C)C(=O)O. The van der Waals surface area contributed by atoms with Crippen molar-refractivity contribution in [3.05, 3.63) is 59.7 Å². The molecule has 0 aliphatic heterocycles. The van der Waals surface area contributed by atoms with Crippen LogP contribution in [-0.4, -0.2) is 54.3 Å². The van der Waals surface area contributed by atoms with Gasteiger partial charge in [-0.05, 0) is 46.6 Å². The summed E-state index contributed by atoms with van der Waals surface area (Å²) < 4.78 is 5.54. The Hall–Kier alpha value is -3.00. The first-order valence-electron chi connectivity index (χ1n) is 11.4. The summed E-state index contributed by atoms with van der Waals surface area (Å²) >= 11 is 1.52. The van der Waals surface area contributed by atoms with Crippen LogP contribution in [0.25, 0.3) is 11.1 Å². The number of benzene rings is 2. The number of fused-ring (bicyclic) bond motifs is 3. The molecule has 0 saturated heterocycles. The van der Waals surface area contributed by atoms with Crippen LogP contribution in [0.2, 0.25) is 0 Å². The van der Waals surface area contributed by atoms with Gasteiger partial charge >= 0.3 is 12.1 Å². The van der Waals surface area contributed by atoms with Gasteiger partial charge in [-0.25, -0.2) is 9.59 Å². The molecule has 0 heterocycles. The second-order valence-electron chi connectivity index (χ2n) is 8.74. The molecule has 0 fully saturated rings. The summed E-state index contributed by atoms with van der Waals surface area (Å²) in [5, 5.41) is 14.7. The van der Waals surface area contributed by atoms with E-state index in [2.05, 4.69) is 34.9 Å². The van der Waals surface area contributed by atoms with Gasteiger partial charge in [0.2, 0.25) is 5.91 Å². The lowest BCUT2D eigenvalue weighted by Crippen LogP contribution is -2.48. The topological polar surface area (TPSA) is 105 Å². The lowest BCUT2D eigenvalue weighted by molar-refractivity contribution is -0.142. The first-order valence-corrected chi connectivity index (χ1v) is 12.8. The summed E-state index contributed by atoms with van der Waals surface area (Å²) in [4.78, 5) is 36.7. The largest absolute Gasteiger partial charge is 0.480 e. The molecule has 2 amide bonds. The van der Waals surface area contributed by atoms with E-state index in [0.29, 0.717) is 12.2 Å². The smallest absolute Gasteiger partial charge is 0.407 e. The molecule has 0 radical (unpaired) electrons. The van der Waals surface area contributed by atoms with E-state index >= 15 is 0 Å². The zero-order valence-corrected chi connectivity index (χ0v) is 20.6. The van der Waals surface area contributed by atoms with Gasteiger partial charge in [-0.2, -0.15) is 11.8 Å². The van der Waals surface area contributed by atoms with Crippen molar-refractivity contribution in [1.82, 2.24) is 10.6 Å². The highest BCUT2D eigenvalue weighted by Gasteiger charge is 2.30. The lowest BCUT2D eigenvalue weighted by Gasteiger charge is -2.23. The predicted molar refractivity (Wildman–Crippen MR) is 134 cm³/mol. The number of carbonyl (C=O) groups excluding carboxylic acids is 2. The molecule has 3 rings (SSSR count). The number of carbonyl (C=O) groups is 3. The van der Waals surface area contributed by atoms with Crippen LogP contribution in [0.3, 0.4) is 0 Å². The fraction of sp³-hybridized carbons (Fsp3) is 0.423. The zero-order chi connectivity index (χ0) is 24.7. The quantitative estimate of drug-likeness (QED) is 0.443. The van der Waals surface area contributed by atoms with Crippen molar-refractivity contribution in [2.75, 3.05) is 25.2 Å². The second-order valence-corrected chi connectivity index (χ2v) is 9.72. The standard InChI is InChI=1S/C26H32N2O5S/c1-16(2)21(24(29)28-23(25(30)31)12-13-34-3)14-27-26(32)33-15-22-19-10-6-4-8-17(19)18-9-5-7-11-20(18)22/h4-11,16,21-23H,12-15H2,1-3H3,(H,27,32)(H,28,29)(H,30,31)/t21?,23-/m1/s1. The number of aliphatic carboxylic acids is 1. The molecular formula is C26H32N2O5S. The zero-order valence-electron chi connectivity index (χ0n) is 19.7. The van der Waals surface area contributed by atoms with Crippen molar-refractivity contribution in [2.24, 2.45) is 11.8 Å². The van der Waals surface area contributed by atoms with Crippen LogP contribution in [-0.2, 0) is 14.3 Å². The normalized spacial score (nSPS) is 14.1. The number of thioether (sulfide) groups is 1. The Balaban J connectivity index is 1.57. The van der Waals surface area contributed by atoms with Crippen molar-refractivity contribution in [1.29, 1.82) is 0 Å². The van der Waals surface area contributed by atoms with E-state index in [1.54, 1.807) is 0 Å². The Kier molecular flexibility index (Phi) is 8.98. The Morgan fingerprint density at radius 1 is 1.03 bits per heavy atom. The Bertz CT molecular complexity index is 980. The molecule has 1 aliphatic carbocycles. The molecular weight excluding hydrogens is 452 g/mol. The number of hydrogen-bond donors (Lipinski definition) is 3. The molecule has 2 aromatic carbocycles. The summed E-state index contributed by atoms with van der Waals surface area (Å²) in [5.41, 5.74) is 4.55. The minimum Gasteiger partial charge on any atom is -0.480 e. The van der Waals surface area contributed by atoms with E-state index in [0.717, 1.165) is 22.3 Å². The summed E-state index contributed by atoms with van der Waals surface area (Å²) in [5.74, 6) is -1.53. The summed E-state index contributed by atoms with van der Waals surface area (Å²) in [6.45, 7) is 3.98. The van der Waals surface area contributed by atoms with Crippen LogP contribution in [0.4, 0.5) is 4.79 Å². The average molecular weight is 485 g/mol. The van der Waals surface area contributed by atoms with Crippen LogP contribution in [0.15, 0.2) is 48.5 Å². The van der Waals surface area contributed by atoms with E-state index < -0.39 is 24.0 Å². The van der Waals surface area contributed by atoms with Crippen LogP contribution in [0.5, 0.6) is 0 Å². The predicted octanol–water partition coefficient (Wildman–Crippen LogP) is 4.12. The van der Waals surface area contributed by atoms with Gasteiger partial charge in [-0.15, -0.1) is 0 Å². The lowest BCUT2D eigenvalue weighted by atomic mass is 9.94. The van der Waals surface area contributed by atoms with E-state index in [9.17, 15) is 19.5 Å². The van der Waals surface area contributed by atoms with Crippen LogP contribution in [0, 0.1) is 11.8 Å². The van der Waals surface area contributed by atoms with Crippen molar-refractivity contribution < 1.29 is 24.2 Å². The van der Waals surface area contributed by atoms with Gasteiger partial charge in [0, 0.05) is 12.5 Å². The van der Waals surface area contributed by atoms with Gasteiger partial charge in [-0.3, -0.25) is 4.79 Å². The summed E-state index contributed by atoms with van der Waals surface area (Å²) in [6, 6.07) is 15.3. The number of ether oxygens (including phenoxy) is 1. The van der Waals surface area contributed by atoms with Crippen molar-refractivity contribution in [3.63, 3.8) is 0 Å². The summed E-state index contributed by atoms with van der Waals surface area (Å²) in [6.07, 6.45) is 1.63. The van der Waals surface area contributed by atoms with E-state index in [-0.39, 0.29) is 30.9 Å². The second kappa shape index (κ2) is 11.9. The maximum atomic E-state index is 12.7. The molecule has 7 nitrogen and oxygen atoms in total. The Morgan fingerprint density at radius 3 is 2.15 bits per heavy atom. The van der Waals surface area contributed by atoms with E-state index in [4.69, 9.17) is 4.74 Å². The Morgan fingerprint density at radius 2 is 1.62 bits per heavy atom. The number of nitrogens with one attached hydrogen (secondary N) is 2. The third-order valence-corrected chi connectivity index (χ3v) is 6.82. The monoisotopic (exact) mass is 484 g/mol. The maximum Gasteiger partial charge on any atom is 0.407 e. The van der Waals surface area contributed by atoms with E-state index in [1.807, 2.05) is 44.4 Å². The van der Waals surface area contributed by atoms with Crippen LogP contribution >= 0.6 is 11.8 Å². The first kappa shape index (κ1) is 25.6. The van der Waals surface area contributed by atoms with Gasteiger partial charge in [0.1, 0.15) is 12.6 Å². The highest BCUT2D eigenvalue weighted by atomic mass is 32.2. The van der Waals surface area contributed by atoms with Gasteiger partial charge in [0.05, 0.1) is 5.92 Å². The number of alkyl carbamates (subject to hydrolysis) is 1. The number of rotatable bonds is 11. The first-order chi connectivity index (χ1) is 16.3. The highest BCUT2D eigenvalue weighted by molar-refractivity contribution is 7.98. The minimum atomic E-state index is -1.06. The number of amides is 2. The molecule has 2 atom stereocenters. The third kappa shape index (κ3) is 6.11. The molecule has 0 spiro atoms. The van der Waals surface area contributed by atoms with Gasteiger partial charge in [0.15, 0.2) is 0 Å². The molecule has 34 heavy (non-hydrogen) atoms. The van der Waals surface area contributed by atoms with Crippen molar-refractivity contribution in [2.45, 2.75) is 32.2 Å². The number of carboxylic acid groups (broad SMARTS) is 1. The van der Waals surface area contributed by atoms with Gasteiger partial charge in [0.25, 0.3) is 0 Å². The average Bonchev–Trinajstić information content (AvgIpc) is 3.14. The van der Waals surface area contributed by atoms with Crippen LogP contribution < -0.4 is 10.6 Å². The molecule has 0 saturated carbocycles. The number of hydrogen-bond acceptors (Lipinski definition) is 5. The summed E-state index contributed by atoms with van der Waals surface area (Å²) in [7, 11) is 0. The molecule has 0 aromatic heterocycles. The van der Waals surface area contributed by atoms with Crippen molar-refractivity contribution >= 4 is 29.7 Å². The molecule has 0 bridgehead atoms. The molecule has 8 heteroatoms. The molecule has 3 N–H and O–H groups in total. The molecule has 1 unspecified atom stereocenters. The van der Waals surface area contributed by atoms with Crippen LogP contribution in [0.1, 0.15) is 37.3 Å². The maximum absolute atomic E-state index is 12.7. The minimum absolute atomic E-state index is 0.0462.